The van der Waals surface area contributed by atoms with Crippen molar-refractivity contribution in [3.05, 3.63) is 46.9 Å². The van der Waals surface area contributed by atoms with Crippen molar-refractivity contribution in [2.24, 2.45) is 0 Å². The summed E-state index contributed by atoms with van der Waals surface area (Å²) in [7, 11) is 2.15. The van der Waals surface area contributed by atoms with Gasteiger partial charge in [-0.25, -0.2) is 4.98 Å². The Hall–Kier alpha value is -2.38. The van der Waals surface area contributed by atoms with E-state index in [1.54, 1.807) is 6.20 Å². The lowest BCUT2D eigenvalue weighted by Crippen LogP contribution is -2.20. The van der Waals surface area contributed by atoms with Crippen LogP contribution in [0.15, 0.2) is 24.5 Å². The molecule has 7 heteroatoms. The molecule has 6 nitrogen and oxygen atoms in total. The van der Waals surface area contributed by atoms with Crippen LogP contribution in [0.2, 0.25) is 0 Å². The fourth-order valence-electron chi connectivity index (χ4n) is 3.35. The highest BCUT2D eigenvalue weighted by atomic mass is 32.1. The van der Waals surface area contributed by atoms with Crippen LogP contribution < -0.4 is 4.74 Å². The highest BCUT2D eigenvalue weighted by Crippen LogP contribution is 2.46. The highest BCUT2D eigenvalue weighted by molar-refractivity contribution is 7.07. The summed E-state index contributed by atoms with van der Waals surface area (Å²) in [6.45, 7) is 10.7. The second-order valence-electron chi connectivity index (χ2n) is 8.52. The van der Waals surface area contributed by atoms with Gasteiger partial charge in [0.25, 0.3) is 5.19 Å². The third-order valence-electron chi connectivity index (χ3n) is 6.04. The number of hydrogen-bond donors (Lipinski definition) is 0. The average Bonchev–Trinajstić information content (AvgIpc) is 3.32. The lowest BCUT2D eigenvalue weighted by atomic mass is 10.0. The van der Waals surface area contributed by atoms with Gasteiger partial charge in [-0.2, -0.15) is 9.36 Å². The van der Waals surface area contributed by atoms with Crippen LogP contribution in [-0.2, 0) is 11.8 Å². The molecule has 2 heterocycles. The molecule has 158 valence electrons. The number of nitrogens with zero attached hydrogens (tertiary/aromatic N) is 5. The normalized spacial score (nSPS) is 14.9. The Morgan fingerprint density at radius 2 is 1.93 bits per heavy atom. The summed E-state index contributed by atoms with van der Waals surface area (Å²) < 4.78 is 10.5. The van der Waals surface area contributed by atoms with Crippen LogP contribution in [0, 0.1) is 13.8 Å². The second-order valence-corrected chi connectivity index (χ2v) is 9.24. The monoisotopic (exact) mass is 423 g/mol. The molecule has 0 aliphatic heterocycles. The minimum atomic E-state index is 0.211. The first kappa shape index (κ1) is 20.9. The van der Waals surface area contributed by atoms with Crippen LogP contribution in [0.25, 0.3) is 11.5 Å². The van der Waals surface area contributed by atoms with Gasteiger partial charge in [0.1, 0.15) is 11.4 Å². The van der Waals surface area contributed by atoms with Gasteiger partial charge in [0.15, 0.2) is 5.82 Å². The van der Waals surface area contributed by atoms with Crippen molar-refractivity contribution in [3.63, 3.8) is 0 Å². The molecule has 4 rings (SSSR count). The molecule has 3 aromatic rings. The third-order valence-corrected chi connectivity index (χ3v) is 6.64. The van der Waals surface area contributed by atoms with Crippen LogP contribution in [0.1, 0.15) is 49.1 Å². The molecule has 0 unspecified atom stereocenters. The van der Waals surface area contributed by atoms with Gasteiger partial charge in [-0.3, -0.25) is 4.98 Å². The highest BCUT2D eigenvalue weighted by Gasteiger charge is 2.40. The van der Waals surface area contributed by atoms with Crippen molar-refractivity contribution in [1.82, 2.24) is 24.2 Å². The topological polar surface area (TPSA) is 64.0 Å². The number of hydrogen-bond acceptors (Lipinski definition) is 7. The Balaban J connectivity index is 1.46. The number of aryl methyl sites for hydroxylation is 2. The zero-order valence-electron chi connectivity index (χ0n) is 18.4. The molecule has 0 bridgehead atoms. The average molecular weight is 424 g/mol. The van der Waals surface area contributed by atoms with Gasteiger partial charge in [-0.1, -0.05) is 19.9 Å². The van der Waals surface area contributed by atoms with Gasteiger partial charge in [0.2, 0.25) is 0 Å². The standard InChI is InChI=1S/C23H29N5OS/c1-6-28(5)10-7-17-11-16(3)19(12-15(17)2)29-22-26-21(27-30-22)18-13-25-20(14-24-18)23(4)8-9-23/h11-14H,6-10H2,1-5H3. The molecule has 0 spiro atoms. The van der Waals surface area contributed by atoms with E-state index in [0.717, 1.165) is 36.5 Å². The second kappa shape index (κ2) is 8.40. The summed E-state index contributed by atoms with van der Waals surface area (Å²) in [6.07, 6.45) is 7.02. The lowest BCUT2D eigenvalue weighted by molar-refractivity contribution is 0.357. The van der Waals surface area contributed by atoms with Crippen LogP contribution in [0.4, 0.5) is 0 Å². The summed E-state index contributed by atoms with van der Waals surface area (Å²) in [6, 6.07) is 4.32. The predicted molar refractivity (Wildman–Crippen MR) is 120 cm³/mol. The van der Waals surface area contributed by atoms with Gasteiger partial charge >= 0.3 is 0 Å². The summed E-state index contributed by atoms with van der Waals surface area (Å²) >= 11 is 1.24. The zero-order chi connectivity index (χ0) is 21.3. The number of aromatic nitrogens is 4. The fraction of sp³-hybridized carbons (Fsp3) is 0.478. The van der Waals surface area contributed by atoms with Crippen molar-refractivity contribution in [3.8, 4) is 22.5 Å². The molecular formula is C23H29N5OS. The Labute approximate surface area is 182 Å². The predicted octanol–water partition coefficient (Wildman–Crippen LogP) is 4.95. The maximum Gasteiger partial charge on any atom is 0.299 e. The quantitative estimate of drug-likeness (QED) is 0.511. The van der Waals surface area contributed by atoms with Crippen LogP contribution >= 0.6 is 11.5 Å². The van der Waals surface area contributed by atoms with Crippen LogP contribution in [0.5, 0.6) is 10.9 Å². The molecule has 2 aromatic heterocycles. The van der Waals surface area contributed by atoms with E-state index >= 15 is 0 Å². The van der Waals surface area contributed by atoms with Gasteiger partial charge in [-0.05, 0) is 69.5 Å². The molecule has 1 aliphatic rings. The lowest BCUT2D eigenvalue weighted by Gasteiger charge is -2.16. The van der Waals surface area contributed by atoms with E-state index in [1.807, 2.05) is 6.20 Å². The molecule has 1 fully saturated rings. The van der Waals surface area contributed by atoms with Crippen molar-refractivity contribution < 1.29 is 4.74 Å². The van der Waals surface area contributed by atoms with Gasteiger partial charge in [-0.15, -0.1) is 0 Å². The first-order chi connectivity index (χ1) is 14.4. The van der Waals surface area contributed by atoms with Gasteiger partial charge < -0.3 is 9.64 Å². The van der Waals surface area contributed by atoms with Gasteiger partial charge in [0, 0.05) is 29.7 Å². The molecule has 1 aromatic carbocycles. The number of likely N-dealkylation sites (N-methyl/N-ethyl adjacent to an activating group) is 1. The zero-order valence-corrected chi connectivity index (χ0v) is 19.2. The van der Waals surface area contributed by atoms with E-state index in [2.05, 4.69) is 71.1 Å². The maximum absolute atomic E-state index is 6.07. The summed E-state index contributed by atoms with van der Waals surface area (Å²) in [5, 5.41) is 0.519. The van der Waals surface area contributed by atoms with Crippen molar-refractivity contribution >= 4 is 11.5 Å². The Kier molecular flexibility index (Phi) is 5.84. The van der Waals surface area contributed by atoms with E-state index in [0.29, 0.717) is 16.7 Å². The van der Waals surface area contributed by atoms with Crippen molar-refractivity contribution in [2.75, 3.05) is 20.1 Å². The summed E-state index contributed by atoms with van der Waals surface area (Å²) in [5.74, 6) is 1.38. The van der Waals surface area contributed by atoms with Crippen LogP contribution in [-0.4, -0.2) is 44.4 Å². The smallest absolute Gasteiger partial charge is 0.299 e. The summed E-state index contributed by atoms with van der Waals surface area (Å²) in [4.78, 5) is 15.9. The number of rotatable bonds is 8. The number of benzene rings is 1. The number of ether oxygens (including phenoxy) is 1. The van der Waals surface area contributed by atoms with Gasteiger partial charge in [0.05, 0.1) is 11.9 Å². The minimum Gasteiger partial charge on any atom is -0.430 e. The van der Waals surface area contributed by atoms with E-state index in [9.17, 15) is 0 Å². The minimum absolute atomic E-state index is 0.211. The molecular weight excluding hydrogens is 394 g/mol. The van der Waals surface area contributed by atoms with E-state index in [-0.39, 0.29) is 5.41 Å². The first-order valence-corrected chi connectivity index (χ1v) is 11.3. The van der Waals surface area contributed by atoms with Crippen LogP contribution in [0.3, 0.4) is 0 Å². The van der Waals surface area contributed by atoms with E-state index in [1.165, 1.54) is 35.5 Å². The maximum atomic E-state index is 6.07. The molecule has 0 radical (unpaired) electrons. The molecule has 30 heavy (non-hydrogen) atoms. The fourth-order valence-corrected chi connectivity index (χ4v) is 3.90. The third kappa shape index (κ3) is 4.52. The molecule has 0 saturated heterocycles. The largest absolute Gasteiger partial charge is 0.430 e. The molecule has 0 amide bonds. The van der Waals surface area contributed by atoms with E-state index < -0.39 is 0 Å². The Morgan fingerprint density at radius 3 is 2.60 bits per heavy atom. The Bertz CT molecular complexity index is 1030. The molecule has 0 atom stereocenters. The first-order valence-electron chi connectivity index (χ1n) is 10.5. The SMILES string of the molecule is CCN(C)CCc1cc(C)c(Oc2nc(-c3cnc(C4(C)CC4)cn3)ns2)cc1C. The molecule has 1 aliphatic carbocycles. The molecule has 1 saturated carbocycles. The van der Waals surface area contributed by atoms with E-state index in [4.69, 9.17) is 4.74 Å². The van der Waals surface area contributed by atoms with Crippen molar-refractivity contribution in [1.29, 1.82) is 0 Å². The Morgan fingerprint density at radius 1 is 1.13 bits per heavy atom. The van der Waals surface area contributed by atoms with Crippen molar-refractivity contribution in [2.45, 2.75) is 52.4 Å². The molecule has 0 N–H and O–H groups in total. The summed E-state index contributed by atoms with van der Waals surface area (Å²) in [5.41, 5.74) is 5.64.